The monoisotopic (exact) mass is 271 g/mol. The molecule has 0 amide bonds. The first-order valence-corrected chi connectivity index (χ1v) is 7.68. The Kier molecular flexibility index (Phi) is 9.12. The third-order valence-electron chi connectivity index (χ3n) is 2.28. The summed E-state index contributed by atoms with van der Waals surface area (Å²) in [5.74, 6) is -0.959. The van der Waals surface area contributed by atoms with Crippen LogP contribution in [0.1, 0.15) is 5.56 Å². The molecular weight excluding hydrogens is 250 g/mol. The van der Waals surface area contributed by atoms with E-state index in [1.807, 2.05) is 36.9 Å². The molecule has 0 fully saturated rings. The molecule has 0 aliphatic rings. The predicted octanol–water partition coefficient (Wildman–Crippen LogP) is 0.770. The van der Waals surface area contributed by atoms with Gasteiger partial charge in [0.25, 0.3) is 0 Å². The number of benzene rings is 1. The molecule has 1 aromatic rings. The summed E-state index contributed by atoms with van der Waals surface area (Å²) in [7, 11) is 2.17. The standard InChI is InChI=1S/C9H11NO2.C3H10O2Si/c10-8(9(11)12)6-7-4-2-1-3-5-7;1-4-6(3)5-2/h1-5,8H,6,10H2,(H,11,12);6H,1-3H3. The summed E-state index contributed by atoms with van der Waals surface area (Å²) >= 11 is 0. The molecule has 0 saturated carbocycles. The van der Waals surface area contributed by atoms with Crippen LogP contribution >= 0.6 is 0 Å². The minimum absolute atomic E-state index is 0.385. The second-order valence-corrected chi connectivity index (χ2v) is 5.75. The van der Waals surface area contributed by atoms with Crippen molar-refractivity contribution >= 4 is 15.3 Å². The van der Waals surface area contributed by atoms with E-state index < -0.39 is 21.3 Å². The SMILES string of the molecule is CO[SiH](C)OC.NC(Cc1ccccc1)C(=O)O. The van der Waals surface area contributed by atoms with Gasteiger partial charge in [0.05, 0.1) is 0 Å². The van der Waals surface area contributed by atoms with Crippen molar-refractivity contribution in [2.75, 3.05) is 14.2 Å². The lowest BCUT2D eigenvalue weighted by Crippen LogP contribution is -2.32. The van der Waals surface area contributed by atoms with Crippen molar-refractivity contribution in [1.82, 2.24) is 0 Å². The molecule has 6 heteroatoms. The van der Waals surface area contributed by atoms with Crippen molar-refractivity contribution in [3.8, 4) is 0 Å². The number of hydrogen-bond donors (Lipinski definition) is 2. The molecule has 0 aliphatic carbocycles. The highest BCUT2D eigenvalue weighted by atomic mass is 28.3. The molecule has 0 saturated heterocycles. The fourth-order valence-corrected chi connectivity index (χ4v) is 1.24. The number of carbonyl (C=O) groups is 1. The van der Waals surface area contributed by atoms with Gasteiger partial charge in [-0.15, -0.1) is 0 Å². The van der Waals surface area contributed by atoms with Gasteiger partial charge in [-0.2, -0.15) is 0 Å². The molecule has 0 bridgehead atoms. The van der Waals surface area contributed by atoms with Crippen LogP contribution in [0.4, 0.5) is 0 Å². The molecule has 0 aromatic heterocycles. The number of nitrogens with two attached hydrogens (primary N) is 1. The Labute approximate surface area is 109 Å². The van der Waals surface area contributed by atoms with E-state index in [2.05, 4.69) is 0 Å². The Balaban J connectivity index is 0.000000411. The summed E-state index contributed by atoms with van der Waals surface area (Å²) in [6.45, 7) is 1.97. The van der Waals surface area contributed by atoms with Gasteiger partial charge in [-0.3, -0.25) is 4.79 Å². The van der Waals surface area contributed by atoms with Gasteiger partial charge in [0, 0.05) is 14.2 Å². The Morgan fingerprint density at radius 2 is 1.83 bits per heavy atom. The zero-order valence-corrected chi connectivity index (χ0v) is 12.2. The Morgan fingerprint density at radius 3 is 2.17 bits per heavy atom. The van der Waals surface area contributed by atoms with Gasteiger partial charge in [-0.05, 0) is 18.5 Å². The van der Waals surface area contributed by atoms with Crippen molar-refractivity contribution in [2.24, 2.45) is 5.73 Å². The summed E-state index contributed by atoms with van der Waals surface area (Å²) in [6, 6.07) is 8.54. The van der Waals surface area contributed by atoms with Gasteiger partial charge in [-0.25, -0.2) is 0 Å². The number of hydrogen-bond acceptors (Lipinski definition) is 4. The average molecular weight is 271 g/mol. The van der Waals surface area contributed by atoms with Crippen LogP contribution in [0.5, 0.6) is 0 Å². The summed E-state index contributed by atoms with van der Waals surface area (Å²) in [5, 5.41) is 8.52. The van der Waals surface area contributed by atoms with Crippen LogP contribution in [0.15, 0.2) is 30.3 Å². The van der Waals surface area contributed by atoms with Crippen LogP contribution in [-0.2, 0) is 20.1 Å². The fraction of sp³-hybridized carbons (Fsp3) is 0.417. The number of carboxylic acid groups (broad SMARTS) is 1. The van der Waals surface area contributed by atoms with Crippen LogP contribution in [0.3, 0.4) is 0 Å². The van der Waals surface area contributed by atoms with E-state index in [1.54, 1.807) is 14.2 Å². The smallest absolute Gasteiger partial charge is 0.320 e. The zero-order chi connectivity index (χ0) is 14.0. The lowest BCUT2D eigenvalue weighted by atomic mass is 10.1. The van der Waals surface area contributed by atoms with Crippen LogP contribution in [-0.4, -0.2) is 40.6 Å². The highest BCUT2D eigenvalue weighted by Crippen LogP contribution is 2.01. The summed E-state index contributed by atoms with van der Waals surface area (Å²) in [5.41, 5.74) is 6.30. The van der Waals surface area contributed by atoms with Crippen LogP contribution in [0.25, 0.3) is 0 Å². The first-order chi connectivity index (χ1) is 8.51. The highest BCUT2D eigenvalue weighted by molar-refractivity contribution is 6.42. The summed E-state index contributed by atoms with van der Waals surface area (Å²) < 4.78 is 9.63. The molecular formula is C12H21NO4Si. The molecule has 5 nitrogen and oxygen atoms in total. The molecule has 3 N–H and O–H groups in total. The van der Waals surface area contributed by atoms with E-state index in [0.717, 1.165) is 5.56 Å². The lowest BCUT2D eigenvalue weighted by molar-refractivity contribution is -0.138. The third-order valence-corrected chi connectivity index (χ3v) is 3.61. The molecule has 18 heavy (non-hydrogen) atoms. The van der Waals surface area contributed by atoms with Gasteiger partial charge >= 0.3 is 15.3 Å². The van der Waals surface area contributed by atoms with E-state index in [9.17, 15) is 4.79 Å². The maximum atomic E-state index is 10.4. The Hall–Kier alpha value is -1.21. The molecule has 1 aromatic carbocycles. The summed E-state index contributed by atoms with van der Waals surface area (Å²) in [4.78, 5) is 10.4. The van der Waals surface area contributed by atoms with Crippen LogP contribution in [0, 0.1) is 0 Å². The quantitative estimate of drug-likeness (QED) is 0.773. The number of carboxylic acids is 1. The van der Waals surface area contributed by atoms with Gasteiger partial charge in [0.2, 0.25) is 0 Å². The van der Waals surface area contributed by atoms with Crippen LogP contribution in [0.2, 0.25) is 6.55 Å². The van der Waals surface area contributed by atoms with E-state index in [4.69, 9.17) is 19.7 Å². The Bertz CT molecular complexity index is 330. The number of aliphatic carboxylic acids is 1. The van der Waals surface area contributed by atoms with Gasteiger partial charge in [-0.1, -0.05) is 30.3 Å². The van der Waals surface area contributed by atoms with Gasteiger partial charge in [0.1, 0.15) is 6.04 Å². The molecule has 1 unspecified atom stereocenters. The normalized spacial score (nSPS) is 11.6. The van der Waals surface area contributed by atoms with Crippen molar-refractivity contribution in [3.63, 3.8) is 0 Å². The van der Waals surface area contributed by atoms with Crippen molar-refractivity contribution < 1.29 is 18.8 Å². The first kappa shape index (κ1) is 16.8. The summed E-state index contributed by atoms with van der Waals surface area (Å²) in [6.07, 6.45) is 0.385. The van der Waals surface area contributed by atoms with E-state index in [1.165, 1.54) is 0 Å². The van der Waals surface area contributed by atoms with Crippen molar-refractivity contribution in [2.45, 2.75) is 19.0 Å². The second-order valence-electron chi connectivity index (χ2n) is 3.67. The molecule has 0 aliphatic heterocycles. The van der Waals surface area contributed by atoms with E-state index in [-0.39, 0.29) is 0 Å². The molecule has 1 rings (SSSR count). The largest absolute Gasteiger partial charge is 0.480 e. The maximum absolute atomic E-state index is 10.4. The molecule has 0 spiro atoms. The average Bonchev–Trinajstić information content (AvgIpc) is 2.39. The molecule has 102 valence electrons. The van der Waals surface area contributed by atoms with Crippen LogP contribution < -0.4 is 5.73 Å². The van der Waals surface area contributed by atoms with Crippen molar-refractivity contribution in [3.05, 3.63) is 35.9 Å². The number of rotatable bonds is 5. The predicted molar refractivity (Wildman–Crippen MR) is 72.8 cm³/mol. The van der Waals surface area contributed by atoms with Gasteiger partial charge in [0.15, 0.2) is 0 Å². The Morgan fingerprint density at radius 1 is 1.33 bits per heavy atom. The fourth-order valence-electron chi connectivity index (χ4n) is 1.05. The maximum Gasteiger partial charge on any atom is 0.320 e. The molecule has 1 atom stereocenters. The first-order valence-electron chi connectivity index (χ1n) is 5.59. The minimum Gasteiger partial charge on any atom is -0.480 e. The topological polar surface area (TPSA) is 81.8 Å². The highest BCUT2D eigenvalue weighted by Gasteiger charge is 2.10. The molecule has 0 heterocycles. The second kappa shape index (κ2) is 9.78. The lowest BCUT2D eigenvalue weighted by Gasteiger charge is -2.04. The van der Waals surface area contributed by atoms with Gasteiger partial charge < -0.3 is 19.7 Å². The van der Waals surface area contributed by atoms with E-state index in [0.29, 0.717) is 6.42 Å². The van der Waals surface area contributed by atoms with E-state index >= 15 is 0 Å². The van der Waals surface area contributed by atoms with Crippen molar-refractivity contribution in [1.29, 1.82) is 0 Å². The zero-order valence-electron chi connectivity index (χ0n) is 11.0. The minimum atomic E-state index is -1.16. The molecule has 0 radical (unpaired) electrons. The third kappa shape index (κ3) is 7.96.